The lowest BCUT2D eigenvalue weighted by atomic mass is 9.75. The molecule has 2 unspecified atom stereocenters. The first-order valence-corrected chi connectivity index (χ1v) is 19.2. The third-order valence-electron chi connectivity index (χ3n) is 11.7. The van der Waals surface area contributed by atoms with E-state index in [4.69, 9.17) is 14.2 Å². The number of carbonyl (C=O) groups excluding carboxylic acids is 2. The van der Waals surface area contributed by atoms with Gasteiger partial charge in [-0.1, -0.05) is 44.4 Å². The molecule has 2 aromatic rings. The summed E-state index contributed by atoms with van der Waals surface area (Å²) in [5, 5.41) is 0.322. The topological polar surface area (TPSA) is 116 Å². The van der Waals surface area contributed by atoms with Gasteiger partial charge in [0.15, 0.2) is 0 Å². The van der Waals surface area contributed by atoms with Crippen molar-refractivity contribution in [2.45, 2.75) is 94.5 Å². The molecule has 1 aromatic carbocycles. The number of sulfonamides is 1. The van der Waals surface area contributed by atoms with Crippen molar-refractivity contribution in [3.8, 4) is 5.75 Å². The third kappa shape index (κ3) is 5.07. The lowest BCUT2D eigenvalue weighted by Gasteiger charge is -2.47. The summed E-state index contributed by atoms with van der Waals surface area (Å²) in [5.41, 5.74) is 6.41. The van der Waals surface area contributed by atoms with Crippen LogP contribution in [0.25, 0.3) is 10.9 Å². The van der Waals surface area contributed by atoms with Crippen LogP contribution in [0.15, 0.2) is 52.6 Å². The molecule has 48 heavy (non-hydrogen) atoms. The molecule has 4 heterocycles. The smallest absolute Gasteiger partial charge is 0.265 e. The molecule has 3 atom stereocenters. The SMILES string of the molecule is CCC(C)S(=O)(=O)NC(=O)C1=C2Cn3c(cc4c(OC)ccc(C5CCCCC5)c43)C3C(=C21)C=CC[C@H]3C(=O)N1C2COCC1COC2. The Balaban J connectivity index is 1.29. The van der Waals surface area contributed by atoms with Crippen LogP contribution in [-0.4, -0.2) is 80.6 Å². The van der Waals surface area contributed by atoms with Crippen molar-refractivity contribution >= 4 is 32.7 Å². The first-order chi connectivity index (χ1) is 23.2. The van der Waals surface area contributed by atoms with E-state index in [0.717, 1.165) is 51.9 Å². The highest BCUT2D eigenvalue weighted by molar-refractivity contribution is 7.90. The number of aromatic nitrogens is 1. The number of fused-ring (bicyclic) bond motifs is 8. The average Bonchev–Trinajstić information content (AvgIpc) is 3.72. The van der Waals surface area contributed by atoms with E-state index in [1.807, 2.05) is 11.0 Å². The van der Waals surface area contributed by atoms with Gasteiger partial charge in [-0.2, -0.15) is 0 Å². The zero-order valence-electron chi connectivity index (χ0n) is 28.0. The van der Waals surface area contributed by atoms with E-state index >= 15 is 0 Å². The average molecular weight is 676 g/mol. The maximum Gasteiger partial charge on any atom is 0.265 e. The number of rotatable bonds is 7. The highest BCUT2D eigenvalue weighted by Gasteiger charge is 2.50. The van der Waals surface area contributed by atoms with Gasteiger partial charge in [-0.3, -0.25) is 9.59 Å². The lowest BCUT2D eigenvalue weighted by molar-refractivity contribution is -0.172. The molecule has 3 aliphatic heterocycles. The van der Waals surface area contributed by atoms with Crippen LogP contribution in [-0.2, 0) is 35.6 Å². The van der Waals surface area contributed by atoms with E-state index in [2.05, 4.69) is 33.6 Å². The van der Waals surface area contributed by atoms with Crippen LogP contribution in [0.5, 0.6) is 5.75 Å². The van der Waals surface area contributed by atoms with Crippen LogP contribution in [0.2, 0.25) is 0 Å². The molecule has 1 N–H and O–H groups in total. The van der Waals surface area contributed by atoms with Crippen molar-refractivity contribution in [3.05, 3.63) is 63.9 Å². The first-order valence-electron chi connectivity index (χ1n) is 17.6. The van der Waals surface area contributed by atoms with Gasteiger partial charge in [-0.15, -0.1) is 0 Å². The Morgan fingerprint density at radius 1 is 1.06 bits per heavy atom. The number of nitrogens with zero attached hydrogens (tertiary/aromatic N) is 2. The van der Waals surface area contributed by atoms with Gasteiger partial charge in [-0.05, 0) is 72.9 Å². The monoisotopic (exact) mass is 675 g/mol. The Labute approximate surface area is 282 Å². The summed E-state index contributed by atoms with van der Waals surface area (Å²) in [5.74, 6) is -0.0407. The van der Waals surface area contributed by atoms with E-state index in [9.17, 15) is 18.0 Å². The van der Waals surface area contributed by atoms with Gasteiger partial charge >= 0.3 is 0 Å². The molecule has 1 saturated carbocycles. The van der Waals surface area contributed by atoms with Gasteiger partial charge in [-0.25, -0.2) is 13.1 Å². The summed E-state index contributed by atoms with van der Waals surface area (Å²) >= 11 is 0. The number of hydrogen-bond acceptors (Lipinski definition) is 7. The van der Waals surface area contributed by atoms with Gasteiger partial charge in [0.2, 0.25) is 15.9 Å². The maximum atomic E-state index is 14.8. The Morgan fingerprint density at radius 2 is 1.77 bits per heavy atom. The molecule has 3 aliphatic carbocycles. The summed E-state index contributed by atoms with van der Waals surface area (Å²) in [7, 11) is -2.15. The Hall–Kier alpha value is -3.41. The summed E-state index contributed by atoms with van der Waals surface area (Å²) in [6, 6.07) is 6.22. The van der Waals surface area contributed by atoms with E-state index in [-0.39, 0.29) is 23.9 Å². The molecule has 256 valence electrons. The van der Waals surface area contributed by atoms with Crippen LogP contribution in [0.1, 0.15) is 81.9 Å². The second kappa shape index (κ2) is 12.2. The Bertz CT molecular complexity index is 1860. The number of morpholine rings is 2. The molecule has 2 amide bonds. The molecular weight excluding hydrogens is 630 g/mol. The molecule has 6 aliphatic rings. The third-order valence-corrected chi connectivity index (χ3v) is 13.5. The van der Waals surface area contributed by atoms with Gasteiger partial charge < -0.3 is 23.7 Å². The van der Waals surface area contributed by atoms with Crippen molar-refractivity contribution < 1.29 is 32.2 Å². The van der Waals surface area contributed by atoms with Gasteiger partial charge in [0.25, 0.3) is 5.91 Å². The summed E-state index contributed by atoms with van der Waals surface area (Å²) < 4.78 is 48.3. The molecule has 2 bridgehead atoms. The molecule has 11 heteroatoms. The predicted octanol–water partition coefficient (Wildman–Crippen LogP) is 4.85. The van der Waals surface area contributed by atoms with Crippen molar-refractivity contribution in [1.29, 1.82) is 0 Å². The second-order valence-electron chi connectivity index (χ2n) is 14.3. The predicted molar refractivity (Wildman–Crippen MR) is 181 cm³/mol. The zero-order valence-corrected chi connectivity index (χ0v) is 28.8. The first kappa shape index (κ1) is 31.8. The Kier molecular flexibility index (Phi) is 8.07. The fourth-order valence-corrected chi connectivity index (χ4v) is 9.96. The largest absolute Gasteiger partial charge is 0.496 e. The number of methoxy groups -OCH3 is 1. The highest BCUT2D eigenvalue weighted by Crippen LogP contribution is 2.55. The normalized spacial score (nSPS) is 27.6. The van der Waals surface area contributed by atoms with Crippen molar-refractivity contribution in [2.24, 2.45) is 5.92 Å². The maximum absolute atomic E-state index is 14.8. The van der Waals surface area contributed by atoms with Crippen LogP contribution < -0.4 is 9.46 Å². The Morgan fingerprint density at radius 3 is 2.44 bits per heavy atom. The quantitative estimate of drug-likeness (QED) is 0.446. The number of carbonyl (C=O) groups is 2. The fourth-order valence-electron chi connectivity index (χ4n) is 8.96. The molecule has 8 rings (SSSR count). The van der Waals surface area contributed by atoms with Crippen molar-refractivity contribution in [2.75, 3.05) is 33.5 Å². The van der Waals surface area contributed by atoms with E-state index in [0.29, 0.717) is 57.3 Å². The van der Waals surface area contributed by atoms with Crippen LogP contribution in [0, 0.1) is 5.92 Å². The van der Waals surface area contributed by atoms with E-state index in [1.54, 1.807) is 21.0 Å². The summed E-state index contributed by atoms with van der Waals surface area (Å²) in [6.45, 7) is 5.64. The minimum Gasteiger partial charge on any atom is -0.496 e. The lowest BCUT2D eigenvalue weighted by Crippen LogP contribution is -2.63. The number of amides is 2. The molecular formula is C37H45N3O7S. The highest BCUT2D eigenvalue weighted by atomic mass is 32.2. The second-order valence-corrected chi connectivity index (χ2v) is 16.4. The minimum atomic E-state index is -3.84. The van der Waals surface area contributed by atoms with Crippen molar-refractivity contribution in [3.63, 3.8) is 0 Å². The minimum absolute atomic E-state index is 0.0785. The molecule has 3 fully saturated rings. The molecule has 0 spiro atoms. The standard InChI is InChI=1S/C37H45N3O7S/c1-4-21(2)48(43,44)38-36(41)34-29-16-39-30(15-28-31(45-3)14-13-25(35(28)39)22-9-6-5-7-10-22)32-26(33(29)34)11-8-12-27(32)37(42)40-23-17-46-19-24(40)20-47-18-23/h8,11,13-15,21-24,27,32H,4-7,9-10,12,16-20H2,1-3H3,(H,38,41)/t21?,23?,24?,27-,32?/m1/s1. The number of benzene rings is 1. The molecule has 2 saturated heterocycles. The molecule has 10 nitrogen and oxygen atoms in total. The summed E-state index contributed by atoms with van der Waals surface area (Å²) in [6.07, 6.45) is 10.9. The number of hydrogen-bond donors (Lipinski definition) is 1. The molecule has 0 radical (unpaired) electrons. The molecule has 1 aromatic heterocycles. The van der Waals surface area contributed by atoms with Crippen molar-refractivity contribution in [1.82, 2.24) is 14.2 Å². The van der Waals surface area contributed by atoms with Crippen LogP contribution >= 0.6 is 0 Å². The number of allylic oxidation sites excluding steroid dienone is 4. The number of nitrogens with one attached hydrogen (secondary N) is 1. The van der Waals surface area contributed by atoms with Gasteiger partial charge in [0, 0.05) is 23.5 Å². The fraction of sp³-hybridized carbons (Fsp3) is 0.568. The van der Waals surface area contributed by atoms with E-state index in [1.165, 1.54) is 24.8 Å². The van der Waals surface area contributed by atoms with E-state index < -0.39 is 27.1 Å². The van der Waals surface area contributed by atoms with Gasteiger partial charge in [0.1, 0.15) is 5.75 Å². The summed E-state index contributed by atoms with van der Waals surface area (Å²) in [4.78, 5) is 30.6. The van der Waals surface area contributed by atoms with Crippen LogP contribution in [0.4, 0.5) is 0 Å². The van der Waals surface area contributed by atoms with Gasteiger partial charge in [0.05, 0.1) is 67.9 Å². The zero-order chi connectivity index (χ0) is 33.3. The van der Waals surface area contributed by atoms with Crippen LogP contribution in [0.3, 0.4) is 0 Å². The number of ether oxygens (including phenoxy) is 3.